The first-order valence-corrected chi connectivity index (χ1v) is 14.2. The van der Waals surface area contributed by atoms with E-state index in [1.165, 1.54) is 38.3 Å². The van der Waals surface area contributed by atoms with Crippen LogP contribution in [0.25, 0.3) is 10.8 Å². The first kappa shape index (κ1) is 31.9. The molecule has 11 nitrogen and oxygen atoms in total. The fourth-order valence-corrected chi connectivity index (χ4v) is 4.80. The van der Waals surface area contributed by atoms with E-state index in [-0.39, 0.29) is 31.1 Å². The van der Waals surface area contributed by atoms with E-state index < -0.39 is 37.6 Å². The number of likely N-dealkylation sites (N-methyl/N-ethyl adjacent to an activating group) is 1. The van der Waals surface area contributed by atoms with Crippen molar-refractivity contribution in [3.05, 3.63) is 71.9 Å². The second kappa shape index (κ2) is 14.8. The molecule has 1 heterocycles. The number of phosphoric acid groups is 1. The van der Waals surface area contributed by atoms with E-state index in [2.05, 4.69) is 10.3 Å². The molecule has 222 valence electrons. The summed E-state index contributed by atoms with van der Waals surface area (Å²) in [5.41, 5.74) is -0.0336. The minimum absolute atomic E-state index is 0.0336. The smallest absolute Gasteiger partial charge is 0.465 e. The third-order valence-electron chi connectivity index (χ3n) is 6.48. The highest BCUT2D eigenvalue weighted by Gasteiger charge is 2.27. The predicted molar refractivity (Wildman–Crippen MR) is 149 cm³/mol. The number of hydrogen-bond acceptors (Lipinski definition) is 7. The minimum atomic E-state index is -3.65. The van der Waals surface area contributed by atoms with Gasteiger partial charge in [0.15, 0.2) is 11.6 Å². The van der Waals surface area contributed by atoms with Crippen LogP contribution < -0.4 is 10.2 Å². The Labute approximate surface area is 236 Å². The van der Waals surface area contributed by atoms with Crippen molar-refractivity contribution >= 4 is 36.5 Å². The molecule has 0 bridgehead atoms. The Balaban J connectivity index is 1.76. The molecule has 1 atom stereocenters. The number of halogens is 2. The molecule has 3 amide bonds. The van der Waals surface area contributed by atoms with Crippen molar-refractivity contribution < 1.29 is 41.6 Å². The van der Waals surface area contributed by atoms with E-state index in [1.807, 2.05) is 24.3 Å². The average molecular weight is 595 g/mol. The van der Waals surface area contributed by atoms with Crippen molar-refractivity contribution in [1.29, 1.82) is 0 Å². The third-order valence-corrected chi connectivity index (χ3v) is 7.87. The molecule has 0 radical (unpaired) electrons. The van der Waals surface area contributed by atoms with Crippen molar-refractivity contribution in [2.45, 2.75) is 31.8 Å². The lowest BCUT2D eigenvalue weighted by atomic mass is 10.1. The zero-order chi connectivity index (χ0) is 30.0. The molecule has 0 aliphatic rings. The summed E-state index contributed by atoms with van der Waals surface area (Å²) in [6, 6.07) is 11.4. The predicted octanol–water partition coefficient (Wildman–Crippen LogP) is 5.80. The Kier molecular flexibility index (Phi) is 11.5. The molecular formula is C27H33F2N4O7P. The van der Waals surface area contributed by atoms with Gasteiger partial charge in [-0.15, -0.1) is 0 Å². The molecule has 1 aromatic heterocycles. The van der Waals surface area contributed by atoms with Crippen molar-refractivity contribution in [3.8, 4) is 0 Å². The standard InChI is InChI=1S/C27H33F2N4O7P/c1-32(26(34)31-17-21-11-8-13-23(28)25(21)29)22(12-6-7-14-40-41(37,38-2)39-3)18-33(27(35)36)24-15-19-9-4-5-10-20(19)16-30-24/h4-5,8-11,13,15-16,22H,6-7,12,14,17-18H2,1-3H3,(H,31,34)(H,35,36). The van der Waals surface area contributed by atoms with Crippen molar-refractivity contribution in [1.82, 2.24) is 15.2 Å². The molecular weight excluding hydrogens is 561 g/mol. The van der Waals surface area contributed by atoms with E-state index in [9.17, 15) is 28.0 Å². The van der Waals surface area contributed by atoms with Crippen molar-refractivity contribution in [2.24, 2.45) is 0 Å². The Morgan fingerprint density at radius 3 is 2.46 bits per heavy atom. The Morgan fingerprint density at radius 2 is 1.78 bits per heavy atom. The number of fused-ring (bicyclic) bond motifs is 1. The largest absolute Gasteiger partial charge is 0.474 e. The molecule has 41 heavy (non-hydrogen) atoms. The summed E-state index contributed by atoms with van der Waals surface area (Å²) in [5.74, 6) is -1.91. The van der Waals surface area contributed by atoms with Gasteiger partial charge in [-0.25, -0.2) is 27.9 Å². The summed E-state index contributed by atoms with van der Waals surface area (Å²) in [6.07, 6.45) is 1.48. The fourth-order valence-electron chi connectivity index (χ4n) is 4.09. The number of pyridine rings is 1. The fraction of sp³-hybridized carbons (Fsp3) is 0.370. The second-order valence-electron chi connectivity index (χ2n) is 9.06. The normalized spacial score (nSPS) is 12.2. The van der Waals surface area contributed by atoms with Crippen LogP contribution in [0.15, 0.2) is 54.7 Å². The Hall–Kier alpha value is -3.64. The van der Waals surface area contributed by atoms with Gasteiger partial charge in [0, 0.05) is 45.0 Å². The molecule has 2 N–H and O–H groups in total. The number of carbonyl (C=O) groups is 2. The number of amides is 3. The molecule has 3 aromatic rings. The van der Waals surface area contributed by atoms with Gasteiger partial charge in [-0.3, -0.25) is 18.5 Å². The van der Waals surface area contributed by atoms with E-state index in [0.717, 1.165) is 21.7 Å². The van der Waals surface area contributed by atoms with E-state index >= 15 is 0 Å². The lowest BCUT2D eigenvalue weighted by Gasteiger charge is -2.32. The summed E-state index contributed by atoms with van der Waals surface area (Å²) in [5, 5.41) is 14.2. The maximum Gasteiger partial charge on any atom is 0.474 e. The zero-order valence-corrected chi connectivity index (χ0v) is 23.9. The van der Waals surface area contributed by atoms with Gasteiger partial charge in [-0.2, -0.15) is 0 Å². The van der Waals surface area contributed by atoms with Gasteiger partial charge in [0.1, 0.15) is 5.82 Å². The summed E-state index contributed by atoms with van der Waals surface area (Å²) >= 11 is 0. The van der Waals surface area contributed by atoms with Crippen LogP contribution >= 0.6 is 7.82 Å². The van der Waals surface area contributed by atoms with Gasteiger partial charge in [0.05, 0.1) is 19.2 Å². The number of hydrogen-bond donors (Lipinski definition) is 2. The van der Waals surface area contributed by atoms with Gasteiger partial charge in [0.25, 0.3) is 0 Å². The van der Waals surface area contributed by atoms with Crippen LogP contribution in [0.3, 0.4) is 0 Å². The number of nitrogens with zero attached hydrogens (tertiary/aromatic N) is 3. The van der Waals surface area contributed by atoms with Gasteiger partial charge >= 0.3 is 19.9 Å². The number of aromatic nitrogens is 1. The van der Waals surface area contributed by atoms with Crippen molar-refractivity contribution in [2.75, 3.05) is 39.3 Å². The van der Waals surface area contributed by atoms with Crippen LogP contribution in [0.4, 0.5) is 24.2 Å². The summed E-state index contributed by atoms with van der Waals surface area (Å²) in [7, 11) is 0.233. The molecule has 3 rings (SSSR count). The number of phosphoric ester groups is 1. The molecule has 0 spiro atoms. The highest BCUT2D eigenvalue weighted by molar-refractivity contribution is 7.48. The summed E-state index contributed by atoms with van der Waals surface area (Å²) < 4.78 is 54.4. The van der Waals surface area contributed by atoms with Crippen LogP contribution in [0.1, 0.15) is 24.8 Å². The van der Waals surface area contributed by atoms with Gasteiger partial charge < -0.3 is 15.3 Å². The summed E-state index contributed by atoms with van der Waals surface area (Å²) in [4.78, 5) is 32.0. The van der Waals surface area contributed by atoms with E-state index in [0.29, 0.717) is 19.3 Å². The number of carbonyl (C=O) groups excluding carboxylic acids is 1. The lowest BCUT2D eigenvalue weighted by Crippen LogP contribution is -2.49. The highest BCUT2D eigenvalue weighted by Crippen LogP contribution is 2.47. The maximum atomic E-state index is 14.1. The molecule has 0 fully saturated rings. The monoisotopic (exact) mass is 594 g/mol. The number of unbranched alkanes of at least 4 members (excludes halogenated alkanes) is 1. The quantitative estimate of drug-likeness (QED) is 0.177. The SMILES string of the molecule is COP(=O)(OC)OCCCCC(CN(C(=O)O)c1cc2ccccc2cn1)N(C)C(=O)NCc1cccc(F)c1F. The third kappa shape index (κ3) is 8.67. The molecule has 0 aliphatic carbocycles. The number of carboxylic acid groups (broad SMARTS) is 1. The number of anilines is 1. The molecule has 0 saturated carbocycles. The molecule has 0 aliphatic heterocycles. The average Bonchev–Trinajstić information content (AvgIpc) is 2.98. The van der Waals surface area contributed by atoms with Crippen LogP contribution in [-0.2, 0) is 24.7 Å². The Morgan fingerprint density at radius 1 is 1.07 bits per heavy atom. The zero-order valence-electron chi connectivity index (χ0n) is 23.0. The first-order chi connectivity index (χ1) is 19.6. The lowest BCUT2D eigenvalue weighted by molar-refractivity contribution is 0.148. The molecule has 0 saturated heterocycles. The van der Waals surface area contributed by atoms with Gasteiger partial charge in [0.2, 0.25) is 0 Å². The van der Waals surface area contributed by atoms with Crippen LogP contribution in [0, 0.1) is 11.6 Å². The molecule has 2 aromatic carbocycles. The minimum Gasteiger partial charge on any atom is -0.465 e. The number of rotatable bonds is 14. The van der Waals surface area contributed by atoms with E-state index in [1.54, 1.807) is 12.3 Å². The molecule has 14 heteroatoms. The van der Waals surface area contributed by atoms with Crippen LogP contribution in [0.5, 0.6) is 0 Å². The van der Waals surface area contributed by atoms with Crippen LogP contribution in [-0.4, -0.2) is 67.6 Å². The summed E-state index contributed by atoms with van der Waals surface area (Å²) in [6.45, 7) is -0.366. The number of urea groups is 1. The van der Waals surface area contributed by atoms with Gasteiger partial charge in [-0.05, 0) is 36.8 Å². The number of nitrogens with one attached hydrogen (secondary N) is 1. The van der Waals surface area contributed by atoms with E-state index in [4.69, 9.17) is 13.6 Å². The molecule has 1 unspecified atom stereocenters. The van der Waals surface area contributed by atoms with Gasteiger partial charge in [-0.1, -0.05) is 36.4 Å². The first-order valence-electron chi connectivity index (χ1n) is 12.7. The highest BCUT2D eigenvalue weighted by atomic mass is 31.2. The topological polar surface area (TPSA) is 131 Å². The second-order valence-corrected chi connectivity index (χ2v) is 10.9. The maximum absolute atomic E-state index is 14.1. The Bertz CT molecular complexity index is 1390. The number of benzene rings is 2. The van der Waals surface area contributed by atoms with Crippen molar-refractivity contribution in [3.63, 3.8) is 0 Å². The van der Waals surface area contributed by atoms with Crippen LogP contribution in [0.2, 0.25) is 0 Å².